The topological polar surface area (TPSA) is 60.2 Å². The molecule has 5 heteroatoms. The number of hydrogen-bond acceptors (Lipinski definition) is 4. The fourth-order valence-electron chi connectivity index (χ4n) is 0.971. The van der Waals surface area contributed by atoms with Crippen molar-refractivity contribution in [2.24, 2.45) is 0 Å². The average molecular weight is 274 g/mol. The highest BCUT2D eigenvalue weighted by Gasteiger charge is 2.16. The Bertz CT molecular complexity index is 341. The SMILES string of the molecule is COC(C)(C)CNc1ncc(Br)cc1N. The number of nitrogens with two attached hydrogens (primary N) is 1. The Morgan fingerprint density at radius 1 is 1.60 bits per heavy atom. The van der Waals surface area contributed by atoms with Crippen LogP contribution in [0, 0.1) is 0 Å². The van der Waals surface area contributed by atoms with Gasteiger partial charge in [-0.3, -0.25) is 0 Å². The summed E-state index contributed by atoms with van der Waals surface area (Å²) in [4.78, 5) is 4.18. The number of halogens is 1. The van der Waals surface area contributed by atoms with Crippen molar-refractivity contribution in [3.63, 3.8) is 0 Å². The number of rotatable bonds is 4. The van der Waals surface area contributed by atoms with Gasteiger partial charge < -0.3 is 15.8 Å². The van der Waals surface area contributed by atoms with E-state index >= 15 is 0 Å². The molecule has 3 N–H and O–H groups in total. The zero-order valence-electron chi connectivity index (χ0n) is 9.17. The third-order valence-corrected chi connectivity index (χ3v) is 2.55. The van der Waals surface area contributed by atoms with Gasteiger partial charge in [0.15, 0.2) is 0 Å². The predicted molar refractivity (Wildman–Crippen MR) is 65.9 cm³/mol. The molecule has 0 bridgehead atoms. The van der Waals surface area contributed by atoms with Crippen LogP contribution in [0.5, 0.6) is 0 Å². The molecule has 0 unspecified atom stereocenters. The molecule has 0 aliphatic rings. The number of hydrogen-bond donors (Lipinski definition) is 2. The normalized spacial score (nSPS) is 11.5. The first kappa shape index (κ1) is 12.3. The lowest BCUT2D eigenvalue weighted by Gasteiger charge is -2.23. The van der Waals surface area contributed by atoms with Gasteiger partial charge in [0.2, 0.25) is 0 Å². The third kappa shape index (κ3) is 3.68. The minimum absolute atomic E-state index is 0.235. The summed E-state index contributed by atoms with van der Waals surface area (Å²) in [5.41, 5.74) is 6.18. The molecule has 0 saturated heterocycles. The van der Waals surface area contributed by atoms with Gasteiger partial charge in [-0.2, -0.15) is 0 Å². The highest BCUT2D eigenvalue weighted by atomic mass is 79.9. The van der Waals surface area contributed by atoms with Gasteiger partial charge in [-0.15, -0.1) is 0 Å². The largest absolute Gasteiger partial charge is 0.396 e. The molecule has 1 heterocycles. The molecule has 4 nitrogen and oxygen atoms in total. The van der Waals surface area contributed by atoms with Crippen LogP contribution < -0.4 is 11.1 Å². The third-order valence-electron chi connectivity index (χ3n) is 2.12. The molecule has 0 aromatic carbocycles. The molecule has 1 aromatic heterocycles. The van der Waals surface area contributed by atoms with Crippen molar-refractivity contribution < 1.29 is 4.74 Å². The summed E-state index contributed by atoms with van der Waals surface area (Å²) in [5.74, 6) is 0.684. The first-order valence-corrected chi connectivity index (χ1v) is 5.44. The van der Waals surface area contributed by atoms with Crippen molar-refractivity contribution >= 4 is 27.4 Å². The summed E-state index contributed by atoms with van der Waals surface area (Å²) in [5, 5.41) is 3.15. The van der Waals surface area contributed by atoms with Crippen molar-refractivity contribution in [2.75, 3.05) is 24.7 Å². The van der Waals surface area contributed by atoms with Crippen molar-refractivity contribution in [3.05, 3.63) is 16.7 Å². The second-order valence-corrected chi connectivity index (χ2v) is 4.82. The van der Waals surface area contributed by atoms with Crippen molar-refractivity contribution in [1.82, 2.24) is 4.98 Å². The van der Waals surface area contributed by atoms with Crippen LogP contribution >= 0.6 is 15.9 Å². The van der Waals surface area contributed by atoms with Crippen LogP contribution in [-0.2, 0) is 4.74 Å². The molecule has 0 amide bonds. The number of nitrogens with one attached hydrogen (secondary N) is 1. The van der Waals surface area contributed by atoms with Gasteiger partial charge in [-0.25, -0.2) is 4.98 Å². The van der Waals surface area contributed by atoms with E-state index in [0.717, 1.165) is 4.47 Å². The highest BCUT2D eigenvalue weighted by molar-refractivity contribution is 9.10. The van der Waals surface area contributed by atoms with E-state index in [9.17, 15) is 0 Å². The first-order valence-electron chi connectivity index (χ1n) is 4.64. The molecule has 1 aromatic rings. The minimum Gasteiger partial charge on any atom is -0.396 e. The van der Waals surface area contributed by atoms with Crippen molar-refractivity contribution in [3.8, 4) is 0 Å². The molecule has 0 radical (unpaired) electrons. The summed E-state index contributed by atoms with van der Waals surface area (Å²) in [6, 6.07) is 1.81. The van der Waals surface area contributed by atoms with Gasteiger partial charge in [0.25, 0.3) is 0 Å². The molecule has 1 rings (SSSR count). The first-order chi connectivity index (χ1) is 6.94. The van der Waals surface area contributed by atoms with Crippen LogP contribution in [0.4, 0.5) is 11.5 Å². The molecule has 0 spiro atoms. The number of nitrogen functional groups attached to an aromatic ring is 1. The molecule has 15 heavy (non-hydrogen) atoms. The van der Waals surface area contributed by atoms with Crippen LogP contribution in [0.3, 0.4) is 0 Å². The monoisotopic (exact) mass is 273 g/mol. The quantitative estimate of drug-likeness (QED) is 0.884. The van der Waals surface area contributed by atoms with Crippen molar-refractivity contribution in [1.29, 1.82) is 0 Å². The fourth-order valence-corrected chi connectivity index (χ4v) is 1.32. The van der Waals surface area contributed by atoms with E-state index in [1.165, 1.54) is 0 Å². The molecule has 0 aliphatic carbocycles. The van der Waals surface area contributed by atoms with Crippen LogP contribution in [0.25, 0.3) is 0 Å². The zero-order valence-corrected chi connectivity index (χ0v) is 10.8. The van der Waals surface area contributed by atoms with E-state index in [2.05, 4.69) is 26.2 Å². The lowest BCUT2D eigenvalue weighted by atomic mass is 10.1. The van der Waals surface area contributed by atoms with Crippen LogP contribution in [0.1, 0.15) is 13.8 Å². The van der Waals surface area contributed by atoms with Gasteiger partial charge in [0.05, 0.1) is 11.3 Å². The van der Waals surface area contributed by atoms with Crippen LogP contribution in [-0.4, -0.2) is 24.2 Å². The number of pyridine rings is 1. The highest BCUT2D eigenvalue weighted by Crippen LogP contribution is 2.20. The summed E-state index contributed by atoms with van der Waals surface area (Å²) < 4.78 is 6.15. The van der Waals surface area contributed by atoms with Gasteiger partial charge >= 0.3 is 0 Å². The maximum atomic E-state index is 5.80. The van der Waals surface area contributed by atoms with Gasteiger partial charge in [0.1, 0.15) is 5.82 Å². The van der Waals surface area contributed by atoms with Crippen LogP contribution in [0.15, 0.2) is 16.7 Å². The average Bonchev–Trinajstić information content (AvgIpc) is 2.16. The Morgan fingerprint density at radius 2 is 2.27 bits per heavy atom. The summed E-state index contributed by atoms with van der Waals surface area (Å²) in [6.07, 6.45) is 1.71. The molecule has 0 atom stereocenters. The maximum Gasteiger partial charge on any atom is 0.149 e. The lowest BCUT2D eigenvalue weighted by molar-refractivity contribution is 0.0343. The minimum atomic E-state index is -0.235. The second-order valence-electron chi connectivity index (χ2n) is 3.91. The summed E-state index contributed by atoms with van der Waals surface area (Å²) in [6.45, 7) is 4.65. The molecule has 0 fully saturated rings. The Balaban J connectivity index is 2.66. The lowest BCUT2D eigenvalue weighted by Crippen LogP contribution is -2.32. The number of methoxy groups -OCH3 is 1. The van der Waals surface area contributed by atoms with E-state index in [-0.39, 0.29) is 5.60 Å². The van der Waals surface area contributed by atoms with E-state index < -0.39 is 0 Å². The van der Waals surface area contributed by atoms with Gasteiger partial charge in [0, 0.05) is 24.3 Å². The zero-order chi connectivity index (χ0) is 11.5. The molecular weight excluding hydrogens is 258 g/mol. The number of ether oxygens (including phenoxy) is 1. The van der Waals surface area contributed by atoms with E-state index in [1.54, 1.807) is 13.3 Å². The molecule has 0 aliphatic heterocycles. The predicted octanol–water partition coefficient (Wildman–Crippen LogP) is 2.26. The molecule has 84 valence electrons. The summed E-state index contributed by atoms with van der Waals surface area (Å²) >= 11 is 3.31. The van der Waals surface area contributed by atoms with E-state index in [1.807, 2.05) is 19.9 Å². The van der Waals surface area contributed by atoms with E-state index in [4.69, 9.17) is 10.5 Å². The Labute approximate surface area is 98.3 Å². The Morgan fingerprint density at radius 3 is 2.80 bits per heavy atom. The van der Waals surface area contributed by atoms with Crippen LogP contribution in [0.2, 0.25) is 0 Å². The maximum absolute atomic E-state index is 5.80. The Hall–Kier alpha value is -0.810. The molecular formula is C10H16BrN3O. The second kappa shape index (κ2) is 4.81. The number of aromatic nitrogens is 1. The van der Waals surface area contributed by atoms with Gasteiger partial charge in [-0.1, -0.05) is 0 Å². The standard InChI is InChI=1S/C10H16BrN3O/c1-10(2,15-3)6-14-9-8(12)4-7(11)5-13-9/h4-5H,6,12H2,1-3H3,(H,13,14). The summed E-state index contributed by atoms with van der Waals surface area (Å²) in [7, 11) is 1.68. The molecule has 0 saturated carbocycles. The van der Waals surface area contributed by atoms with E-state index in [0.29, 0.717) is 18.1 Å². The smallest absolute Gasteiger partial charge is 0.149 e. The number of nitrogens with zero attached hydrogens (tertiary/aromatic N) is 1. The fraction of sp³-hybridized carbons (Fsp3) is 0.500. The van der Waals surface area contributed by atoms with Gasteiger partial charge in [-0.05, 0) is 35.8 Å². The number of anilines is 2. The van der Waals surface area contributed by atoms with Crippen molar-refractivity contribution in [2.45, 2.75) is 19.4 Å². The Kier molecular flexibility index (Phi) is 3.93.